The topological polar surface area (TPSA) is 79.6 Å². The highest BCUT2D eigenvalue weighted by molar-refractivity contribution is 5.81. The highest BCUT2D eigenvalue weighted by Crippen LogP contribution is 2.29. The summed E-state index contributed by atoms with van der Waals surface area (Å²) in [5.41, 5.74) is -0.160. The van der Waals surface area contributed by atoms with Crippen molar-refractivity contribution >= 4 is 11.9 Å². The van der Waals surface area contributed by atoms with Gasteiger partial charge in [0, 0.05) is 31.8 Å². The molecule has 0 aromatic carbocycles. The van der Waals surface area contributed by atoms with Crippen LogP contribution < -0.4 is 5.56 Å². The summed E-state index contributed by atoms with van der Waals surface area (Å²) in [4.78, 5) is 35.8. The molecule has 1 N–H and O–H groups in total. The van der Waals surface area contributed by atoms with Gasteiger partial charge in [-0.15, -0.1) is 0 Å². The van der Waals surface area contributed by atoms with E-state index in [1.807, 2.05) is 0 Å². The Labute approximate surface area is 116 Å². The Bertz CT molecular complexity index is 548. The number of aliphatic carboxylic acids is 1. The lowest BCUT2D eigenvalue weighted by atomic mass is 10.3. The van der Waals surface area contributed by atoms with Crippen molar-refractivity contribution in [3.8, 4) is 0 Å². The van der Waals surface area contributed by atoms with Crippen LogP contribution in [0.25, 0.3) is 0 Å². The van der Waals surface area contributed by atoms with Crippen molar-refractivity contribution in [2.24, 2.45) is 5.92 Å². The predicted octanol–water partition coefficient (Wildman–Crippen LogP) is 0.562. The van der Waals surface area contributed by atoms with E-state index >= 15 is 0 Å². The standard InChI is InChI=1S/C14H18N2O4/c17-12-3-1-2-7-15(12)8-6-13(18)16(10-14(19)20)9-11-4-5-11/h1-3,7,11H,4-6,8-10H2,(H,19,20). The van der Waals surface area contributed by atoms with E-state index in [2.05, 4.69) is 0 Å². The van der Waals surface area contributed by atoms with Gasteiger partial charge in [-0.05, 0) is 24.8 Å². The second-order valence-electron chi connectivity index (χ2n) is 5.09. The smallest absolute Gasteiger partial charge is 0.323 e. The molecule has 1 heterocycles. The van der Waals surface area contributed by atoms with Crippen LogP contribution in [0, 0.1) is 5.92 Å². The number of carbonyl (C=O) groups is 2. The molecule has 1 aliphatic carbocycles. The first-order valence-corrected chi connectivity index (χ1v) is 6.71. The third-order valence-corrected chi connectivity index (χ3v) is 3.32. The zero-order valence-electron chi connectivity index (χ0n) is 11.2. The maximum Gasteiger partial charge on any atom is 0.323 e. The molecule has 1 aliphatic rings. The fourth-order valence-corrected chi connectivity index (χ4v) is 2.05. The minimum Gasteiger partial charge on any atom is -0.480 e. The molecule has 0 aliphatic heterocycles. The Morgan fingerprint density at radius 3 is 2.70 bits per heavy atom. The van der Waals surface area contributed by atoms with Gasteiger partial charge in [0.1, 0.15) is 6.54 Å². The summed E-state index contributed by atoms with van der Waals surface area (Å²) in [5.74, 6) is -0.774. The summed E-state index contributed by atoms with van der Waals surface area (Å²) in [5, 5.41) is 8.85. The fourth-order valence-electron chi connectivity index (χ4n) is 2.05. The van der Waals surface area contributed by atoms with Crippen LogP contribution in [0.1, 0.15) is 19.3 Å². The van der Waals surface area contributed by atoms with Gasteiger partial charge < -0.3 is 14.6 Å². The molecular formula is C14H18N2O4. The van der Waals surface area contributed by atoms with Gasteiger partial charge in [-0.25, -0.2) is 0 Å². The average molecular weight is 278 g/mol. The first-order valence-electron chi connectivity index (χ1n) is 6.71. The molecule has 0 atom stereocenters. The minimum atomic E-state index is -1.00. The highest BCUT2D eigenvalue weighted by atomic mass is 16.4. The molecule has 20 heavy (non-hydrogen) atoms. The van der Waals surface area contributed by atoms with Crippen molar-refractivity contribution in [3.05, 3.63) is 34.7 Å². The zero-order valence-corrected chi connectivity index (χ0v) is 11.2. The molecular weight excluding hydrogens is 260 g/mol. The van der Waals surface area contributed by atoms with Crippen molar-refractivity contribution in [2.75, 3.05) is 13.1 Å². The van der Waals surface area contributed by atoms with Gasteiger partial charge in [-0.3, -0.25) is 14.4 Å². The Balaban J connectivity index is 1.92. The van der Waals surface area contributed by atoms with Crippen LogP contribution in [0.3, 0.4) is 0 Å². The zero-order chi connectivity index (χ0) is 14.5. The molecule has 0 radical (unpaired) electrons. The fraction of sp³-hybridized carbons (Fsp3) is 0.500. The lowest BCUT2D eigenvalue weighted by Gasteiger charge is -2.20. The predicted molar refractivity (Wildman–Crippen MR) is 72.3 cm³/mol. The molecule has 6 nitrogen and oxygen atoms in total. The molecule has 1 fully saturated rings. The SMILES string of the molecule is O=C(O)CN(CC1CC1)C(=O)CCn1ccccc1=O. The molecule has 0 bridgehead atoms. The molecule has 1 aromatic rings. The molecule has 1 saturated carbocycles. The first-order chi connectivity index (χ1) is 9.56. The Hall–Kier alpha value is -2.11. The van der Waals surface area contributed by atoms with Crippen LogP contribution in [0.2, 0.25) is 0 Å². The van der Waals surface area contributed by atoms with Crippen molar-refractivity contribution in [1.82, 2.24) is 9.47 Å². The van der Waals surface area contributed by atoms with Crippen molar-refractivity contribution in [3.63, 3.8) is 0 Å². The van der Waals surface area contributed by atoms with Crippen LogP contribution in [0.15, 0.2) is 29.2 Å². The number of pyridine rings is 1. The maximum absolute atomic E-state index is 12.1. The Morgan fingerprint density at radius 2 is 2.10 bits per heavy atom. The van der Waals surface area contributed by atoms with E-state index in [1.54, 1.807) is 18.3 Å². The third-order valence-electron chi connectivity index (χ3n) is 3.32. The van der Waals surface area contributed by atoms with Gasteiger partial charge in [0.05, 0.1) is 0 Å². The number of aromatic nitrogens is 1. The summed E-state index contributed by atoms with van der Waals surface area (Å²) in [6, 6.07) is 4.80. The van der Waals surface area contributed by atoms with E-state index in [9.17, 15) is 14.4 Å². The van der Waals surface area contributed by atoms with Crippen molar-refractivity contribution < 1.29 is 14.7 Å². The minimum absolute atomic E-state index is 0.143. The quantitative estimate of drug-likeness (QED) is 0.790. The normalized spacial score (nSPS) is 14.0. The van der Waals surface area contributed by atoms with Gasteiger partial charge >= 0.3 is 5.97 Å². The van der Waals surface area contributed by atoms with Gasteiger partial charge in [0.25, 0.3) is 5.56 Å². The highest BCUT2D eigenvalue weighted by Gasteiger charge is 2.27. The van der Waals surface area contributed by atoms with E-state index < -0.39 is 5.97 Å². The number of nitrogens with zero attached hydrogens (tertiary/aromatic N) is 2. The third kappa shape index (κ3) is 4.22. The summed E-state index contributed by atoms with van der Waals surface area (Å²) < 4.78 is 1.45. The van der Waals surface area contributed by atoms with Crippen LogP contribution >= 0.6 is 0 Å². The number of carboxylic acid groups (broad SMARTS) is 1. The number of rotatable bonds is 7. The summed E-state index contributed by atoms with van der Waals surface area (Å²) in [6.07, 6.45) is 3.88. The van der Waals surface area contributed by atoms with E-state index in [1.165, 1.54) is 15.5 Å². The second-order valence-corrected chi connectivity index (χ2v) is 5.09. The van der Waals surface area contributed by atoms with E-state index in [0.29, 0.717) is 12.5 Å². The lowest BCUT2D eigenvalue weighted by molar-refractivity contribution is -0.144. The average Bonchev–Trinajstić information content (AvgIpc) is 3.20. The molecule has 0 spiro atoms. The molecule has 0 unspecified atom stereocenters. The van der Waals surface area contributed by atoms with E-state index in [4.69, 9.17) is 5.11 Å². The monoisotopic (exact) mass is 278 g/mol. The maximum atomic E-state index is 12.1. The van der Waals surface area contributed by atoms with Crippen LogP contribution in [-0.4, -0.2) is 39.5 Å². The summed E-state index contributed by atoms with van der Waals surface area (Å²) in [7, 11) is 0. The molecule has 1 amide bonds. The second kappa shape index (κ2) is 6.36. The van der Waals surface area contributed by atoms with E-state index in [0.717, 1.165) is 12.8 Å². The van der Waals surface area contributed by atoms with Crippen LogP contribution in [0.5, 0.6) is 0 Å². The number of amides is 1. The molecule has 0 saturated heterocycles. The van der Waals surface area contributed by atoms with Gasteiger partial charge in [-0.1, -0.05) is 6.07 Å². The molecule has 1 aromatic heterocycles. The van der Waals surface area contributed by atoms with Crippen LogP contribution in [0.4, 0.5) is 0 Å². The molecule has 2 rings (SSSR count). The number of aryl methyl sites for hydroxylation is 1. The lowest BCUT2D eigenvalue weighted by Crippen LogP contribution is -2.38. The Morgan fingerprint density at radius 1 is 1.35 bits per heavy atom. The summed E-state index contributed by atoms with van der Waals surface area (Å²) >= 11 is 0. The number of hydrogen-bond donors (Lipinski definition) is 1. The largest absolute Gasteiger partial charge is 0.480 e. The first kappa shape index (κ1) is 14.3. The Kier molecular flexibility index (Phi) is 4.55. The van der Waals surface area contributed by atoms with Gasteiger partial charge in [0.2, 0.25) is 5.91 Å². The van der Waals surface area contributed by atoms with Gasteiger partial charge in [-0.2, -0.15) is 0 Å². The van der Waals surface area contributed by atoms with Gasteiger partial charge in [0.15, 0.2) is 0 Å². The van der Waals surface area contributed by atoms with E-state index in [-0.39, 0.29) is 31.0 Å². The van der Waals surface area contributed by atoms with Crippen molar-refractivity contribution in [1.29, 1.82) is 0 Å². The summed E-state index contributed by atoms with van der Waals surface area (Å²) in [6.45, 7) is 0.521. The van der Waals surface area contributed by atoms with Crippen LogP contribution in [-0.2, 0) is 16.1 Å². The molecule has 6 heteroatoms. The molecule has 108 valence electrons. The number of carboxylic acids is 1. The number of hydrogen-bond acceptors (Lipinski definition) is 3. The van der Waals surface area contributed by atoms with Crippen molar-refractivity contribution in [2.45, 2.75) is 25.8 Å². The number of carbonyl (C=O) groups excluding carboxylic acids is 1.